The maximum absolute atomic E-state index is 13.0. The van der Waals surface area contributed by atoms with E-state index in [1.54, 1.807) is 0 Å². The van der Waals surface area contributed by atoms with E-state index in [0.717, 1.165) is 18.2 Å². The summed E-state index contributed by atoms with van der Waals surface area (Å²) < 4.78 is 18.0. The molecule has 0 bridgehead atoms. The van der Waals surface area contributed by atoms with Crippen LogP contribution in [-0.4, -0.2) is 23.5 Å². The number of methoxy groups -OCH3 is 1. The number of rotatable bonds is 4. The number of hydrogen-bond donors (Lipinski definition) is 1. The van der Waals surface area contributed by atoms with Crippen molar-refractivity contribution in [2.75, 3.05) is 12.4 Å². The quantitative estimate of drug-likeness (QED) is 0.660. The first kappa shape index (κ1) is 14.0. The summed E-state index contributed by atoms with van der Waals surface area (Å²) in [6.45, 7) is 2.99. The van der Waals surface area contributed by atoms with Gasteiger partial charge in [0.1, 0.15) is 17.1 Å². The van der Waals surface area contributed by atoms with Crippen molar-refractivity contribution in [2.24, 2.45) is 0 Å². The van der Waals surface area contributed by atoms with Gasteiger partial charge in [-0.3, -0.25) is 14.9 Å². The fourth-order valence-electron chi connectivity index (χ4n) is 1.13. The van der Waals surface area contributed by atoms with E-state index in [1.165, 1.54) is 21.0 Å². The van der Waals surface area contributed by atoms with Gasteiger partial charge in [-0.2, -0.15) is 0 Å². The summed E-state index contributed by atoms with van der Waals surface area (Å²) in [4.78, 5) is 21.8. The predicted octanol–water partition coefficient (Wildman–Crippen LogP) is 2.10. The molecule has 0 fully saturated rings. The number of halogens is 1. The van der Waals surface area contributed by atoms with Gasteiger partial charge < -0.3 is 10.1 Å². The van der Waals surface area contributed by atoms with Gasteiger partial charge in [-0.25, -0.2) is 4.39 Å². The van der Waals surface area contributed by atoms with Crippen LogP contribution < -0.4 is 5.32 Å². The second-order valence-corrected chi connectivity index (χ2v) is 4.09. The number of ether oxygens (including phenoxy) is 1. The van der Waals surface area contributed by atoms with Crippen LogP contribution in [0.15, 0.2) is 18.2 Å². The SMILES string of the molecule is COC(C)(C)C(=O)Nc1cc(F)ccc1[N+](=O)[O-]. The Bertz CT molecular complexity index is 488. The molecule has 1 rings (SSSR count). The summed E-state index contributed by atoms with van der Waals surface area (Å²) in [5.74, 6) is -1.27. The highest BCUT2D eigenvalue weighted by atomic mass is 19.1. The van der Waals surface area contributed by atoms with Gasteiger partial charge in [-0.1, -0.05) is 0 Å². The average Bonchev–Trinajstić information content (AvgIpc) is 2.28. The van der Waals surface area contributed by atoms with Crippen molar-refractivity contribution < 1.29 is 18.8 Å². The zero-order valence-electron chi connectivity index (χ0n) is 10.2. The first-order chi connectivity index (χ1) is 8.27. The third kappa shape index (κ3) is 3.01. The van der Waals surface area contributed by atoms with Crippen molar-refractivity contribution in [1.29, 1.82) is 0 Å². The molecule has 0 saturated heterocycles. The monoisotopic (exact) mass is 256 g/mol. The fraction of sp³-hybridized carbons (Fsp3) is 0.364. The zero-order chi connectivity index (χ0) is 13.9. The molecule has 98 valence electrons. The van der Waals surface area contributed by atoms with E-state index >= 15 is 0 Å². The Balaban J connectivity index is 3.07. The smallest absolute Gasteiger partial charge is 0.292 e. The van der Waals surface area contributed by atoms with Gasteiger partial charge in [0.05, 0.1) is 4.92 Å². The van der Waals surface area contributed by atoms with Gasteiger partial charge in [0.25, 0.3) is 11.6 Å². The van der Waals surface area contributed by atoms with Crippen LogP contribution in [0, 0.1) is 15.9 Å². The third-order valence-corrected chi connectivity index (χ3v) is 2.46. The number of nitrogens with zero attached hydrogens (tertiary/aromatic N) is 1. The summed E-state index contributed by atoms with van der Waals surface area (Å²) in [5.41, 5.74) is -1.74. The Morgan fingerprint density at radius 2 is 2.11 bits per heavy atom. The maximum Gasteiger partial charge on any atom is 0.292 e. The Morgan fingerprint density at radius 3 is 2.61 bits per heavy atom. The first-order valence-corrected chi connectivity index (χ1v) is 5.08. The molecule has 0 aliphatic heterocycles. The molecule has 6 nitrogen and oxygen atoms in total. The molecule has 0 spiro atoms. The number of hydrogen-bond acceptors (Lipinski definition) is 4. The lowest BCUT2D eigenvalue weighted by atomic mass is 10.1. The summed E-state index contributed by atoms with van der Waals surface area (Å²) in [6, 6.07) is 2.84. The third-order valence-electron chi connectivity index (χ3n) is 2.46. The molecule has 1 N–H and O–H groups in total. The molecule has 0 radical (unpaired) electrons. The minimum Gasteiger partial charge on any atom is -0.369 e. The van der Waals surface area contributed by atoms with Crippen LogP contribution in [0.4, 0.5) is 15.8 Å². The van der Waals surface area contributed by atoms with E-state index in [4.69, 9.17) is 4.74 Å². The van der Waals surface area contributed by atoms with Crippen LogP contribution in [-0.2, 0) is 9.53 Å². The number of carbonyl (C=O) groups excluding carboxylic acids is 1. The van der Waals surface area contributed by atoms with E-state index in [2.05, 4.69) is 5.32 Å². The van der Waals surface area contributed by atoms with Gasteiger partial charge in [0.15, 0.2) is 0 Å². The van der Waals surface area contributed by atoms with Gasteiger partial charge in [-0.05, 0) is 19.9 Å². The zero-order valence-corrected chi connectivity index (χ0v) is 10.2. The summed E-state index contributed by atoms with van der Waals surface area (Å²) >= 11 is 0. The average molecular weight is 256 g/mol. The summed E-state index contributed by atoms with van der Waals surface area (Å²) in [6.07, 6.45) is 0. The molecule has 7 heteroatoms. The standard InChI is InChI=1S/C11H13FN2O4/c1-11(2,18-3)10(15)13-8-6-7(12)4-5-9(8)14(16)17/h4-6H,1-3H3,(H,13,15). The lowest BCUT2D eigenvalue weighted by Gasteiger charge is -2.21. The second-order valence-electron chi connectivity index (χ2n) is 4.09. The van der Waals surface area contributed by atoms with Crippen LogP contribution in [0.2, 0.25) is 0 Å². The molecule has 0 aliphatic carbocycles. The molecule has 1 amide bonds. The van der Waals surface area contributed by atoms with Crippen LogP contribution in [0.25, 0.3) is 0 Å². The molecule has 0 aromatic heterocycles. The minimum atomic E-state index is -1.17. The number of nitrogens with one attached hydrogen (secondary N) is 1. The molecule has 0 unspecified atom stereocenters. The maximum atomic E-state index is 13.0. The highest BCUT2D eigenvalue weighted by molar-refractivity contribution is 5.98. The van der Waals surface area contributed by atoms with Crippen molar-refractivity contribution in [3.63, 3.8) is 0 Å². The number of nitro groups is 1. The van der Waals surface area contributed by atoms with E-state index in [-0.39, 0.29) is 11.4 Å². The van der Waals surface area contributed by atoms with Gasteiger partial charge in [0, 0.05) is 19.2 Å². The number of anilines is 1. The molecule has 0 heterocycles. The molecular weight excluding hydrogens is 243 g/mol. The van der Waals surface area contributed by atoms with Crippen molar-refractivity contribution in [3.8, 4) is 0 Å². The van der Waals surface area contributed by atoms with E-state index in [0.29, 0.717) is 0 Å². The van der Waals surface area contributed by atoms with Gasteiger partial charge >= 0.3 is 0 Å². The van der Waals surface area contributed by atoms with Gasteiger partial charge in [-0.15, -0.1) is 0 Å². The highest BCUT2D eigenvalue weighted by Gasteiger charge is 2.29. The summed E-state index contributed by atoms with van der Waals surface area (Å²) in [5, 5.41) is 13.0. The fourth-order valence-corrected chi connectivity index (χ4v) is 1.13. The first-order valence-electron chi connectivity index (χ1n) is 5.08. The molecule has 0 atom stereocenters. The van der Waals surface area contributed by atoms with E-state index in [9.17, 15) is 19.3 Å². The second kappa shape index (κ2) is 5.09. The Hall–Kier alpha value is -2.02. The number of carbonyl (C=O) groups is 1. The Labute approximate surface area is 103 Å². The van der Waals surface area contributed by atoms with Crippen LogP contribution in [0.3, 0.4) is 0 Å². The van der Waals surface area contributed by atoms with E-state index < -0.39 is 22.2 Å². The number of nitro benzene ring substituents is 1. The van der Waals surface area contributed by atoms with Crippen molar-refractivity contribution >= 4 is 17.3 Å². The number of benzene rings is 1. The topological polar surface area (TPSA) is 81.5 Å². The predicted molar refractivity (Wildman–Crippen MR) is 62.8 cm³/mol. The highest BCUT2D eigenvalue weighted by Crippen LogP contribution is 2.26. The Kier molecular flexibility index (Phi) is 3.97. The Morgan fingerprint density at radius 1 is 1.50 bits per heavy atom. The van der Waals surface area contributed by atoms with Crippen LogP contribution in [0.5, 0.6) is 0 Å². The lowest BCUT2D eigenvalue weighted by molar-refractivity contribution is -0.384. The molecular formula is C11H13FN2O4. The normalized spacial score (nSPS) is 11.1. The van der Waals surface area contributed by atoms with E-state index in [1.807, 2.05) is 0 Å². The largest absolute Gasteiger partial charge is 0.369 e. The molecule has 0 saturated carbocycles. The molecule has 1 aromatic rings. The van der Waals surface area contributed by atoms with Crippen LogP contribution in [0.1, 0.15) is 13.8 Å². The molecule has 18 heavy (non-hydrogen) atoms. The number of amides is 1. The molecule has 1 aromatic carbocycles. The van der Waals surface area contributed by atoms with Crippen molar-refractivity contribution in [3.05, 3.63) is 34.1 Å². The minimum absolute atomic E-state index is 0.199. The van der Waals surface area contributed by atoms with Crippen LogP contribution >= 0.6 is 0 Å². The van der Waals surface area contributed by atoms with Gasteiger partial charge in [0.2, 0.25) is 0 Å². The van der Waals surface area contributed by atoms with Crippen molar-refractivity contribution in [1.82, 2.24) is 0 Å². The summed E-state index contributed by atoms with van der Waals surface area (Å²) in [7, 11) is 1.33. The molecule has 0 aliphatic rings. The van der Waals surface area contributed by atoms with Crippen molar-refractivity contribution in [2.45, 2.75) is 19.4 Å². The lowest BCUT2D eigenvalue weighted by Crippen LogP contribution is -2.38.